The summed E-state index contributed by atoms with van der Waals surface area (Å²) in [7, 11) is 5.30. The Morgan fingerprint density at radius 1 is 1.36 bits per heavy atom. The molecule has 22 heavy (non-hydrogen) atoms. The maximum Gasteiger partial charge on any atom is 0.252 e. The molecule has 0 fully saturated rings. The second kappa shape index (κ2) is 7.22. The van der Waals surface area contributed by atoms with E-state index < -0.39 is 0 Å². The number of ether oxygens (including phenoxy) is 1. The van der Waals surface area contributed by atoms with Gasteiger partial charge in [-0.3, -0.25) is 4.79 Å². The normalized spacial score (nSPS) is 10.2. The third-order valence-corrected chi connectivity index (χ3v) is 3.64. The summed E-state index contributed by atoms with van der Waals surface area (Å²) in [6, 6.07) is 7.02. The van der Waals surface area contributed by atoms with Gasteiger partial charge in [-0.1, -0.05) is 0 Å². The largest absolute Gasteiger partial charge is 0.497 e. The van der Waals surface area contributed by atoms with Gasteiger partial charge in [-0.2, -0.15) is 0 Å². The second-order valence-electron chi connectivity index (χ2n) is 4.77. The average Bonchev–Trinajstić information content (AvgIpc) is 2.53. The molecule has 0 aliphatic rings. The Labute approximate surface area is 137 Å². The number of amides is 1. The zero-order valence-electron chi connectivity index (χ0n) is 12.6. The smallest absolute Gasteiger partial charge is 0.252 e. The minimum absolute atomic E-state index is 0.198. The molecule has 0 bridgehead atoms. The van der Waals surface area contributed by atoms with Crippen molar-refractivity contribution >= 4 is 27.8 Å². The number of aromatic nitrogens is 2. The molecule has 0 spiro atoms. The number of nitrogens with one attached hydrogen (secondary N) is 1. The minimum atomic E-state index is -0.198. The molecule has 1 heterocycles. The van der Waals surface area contributed by atoms with Crippen molar-refractivity contribution < 1.29 is 9.53 Å². The highest BCUT2D eigenvalue weighted by Crippen LogP contribution is 2.22. The van der Waals surface area contributed by atoms with Crippen LogP contribution >= 0.6 is 15.9 Å². The van der Waals surface area contributed by atoms with Gasteiger partial charge in [0, 0.05) is 24.8 Å². The van der Waals surface area contributed by atoms with E-state index in [-0.39, 0.29) is 5.91 Å². The number of halogens is 1. The Balaban J connectivity index is 2.08. The lowest BCUT2D eigenvalue weighted by molar-refractivity contribution is 0.0949. The second-order valence-corrected chi connectivity index (χ2v) is 5.63. The molecule has 0 saturated heterocycles. The number of hydrogen-bond donors (Lipinski definition) is 1. The van der Waals surface area contributed by atoms with Crippen LogP contribution in [0.15, 0.2) is 34.9 Å². The summed E-state index contributed by atoms with van der Waals surface area (Å²) in [5, 5.41) is 2.84. The van der Waals surface area contributed by atoms with Crippen LogP contribution in [0.4, 0.5) is 5.95 Å². The first-order chi connectivity index (χ1) is 10.5. The fourth-order valence-electron chi connectivity index (χ4n) is 1.77. The topological polar surface area (TPSA) is 67.3 Å². The summed E-state index contributed by atoms with van der Waals surface area (Å²) in [6.45, 7) is 0.325. The van der Waals surface area contributed by atoms with Gasteiger partial charge in [-0.05, 0) is 40.2 Å². The van der Waals surface area contributed by atoms with Crippen LogP contribution in [0.2, 0.25) is 0 Å². The van der Waals surface area contributed by atoms with Gasteiger partial charge in [0.2, 0.25) is 5.95 Å². The molecule has 6 nitrogen and oxygen atoms in total. The van der Waals surface area contributed by atoms with Crippen LogP contribution in [0.1, 0.15) is 16.1 Å². The Morgan fingerprint density at radius 2 is 2.14 bits per heavy atom. The Bertz CT molecular complexity index is 676. The van der Waals surface area contributed by atoms with Gasteiger partial charge in [0.15, 0.2) is 0 Å². The molecule has 116 valence electrons. The van der Waals surface area contributed by atoms with Gasteiger partial charge in [-0.15, -0.1) is 0 Å². The number of carbonyl (C=O) groups is 1. The van der Waals surface area contributed by atoms with Crippen LogP contribution in [-0.4, -0.2) is 37.1 Å². The highest BCUT2D eigenvalue weighted by atomic mass is 79.9. The third-order valence-electron chi connectivity index (χ3n) is 2.95. The molecule has 2 rings (SSSR count). The van der Waals surface area contributed by atoms with Crippen LogP contribution in [0.25, 0.3) is 0 Å². The maximum absolute atomic E-state index is 12.3. The van der Waals surface area contributed by atoms with E-state index in [1.165, 1.54) is 0 Å². The molecule has 1 N–H and O–H groups in total. The summed E-state index contributed by atoms with van der Waals surface area (Å²) in [6.07, 6.45) is 1.67. The molecule has 1 amide bonds. The summed E-state index contributed by atoms with van der Waals surface area (Å²) >= 11 is 3.37. The van der Waals surface area contributed by atoms with Crippen molar-refractivity contribution in [3.8, 4) is 5.75 Å². The third kappa shape index (κ3) is 3.94. The maximum atomic E-state index is 12.3. The SMILES string of the molecule is COc1ccc(Br)c(C(=O)NCc2ccnc(N(C)C)n2)c1. The van der Waals surface area contributed by atoms with Crippen LogP contribution in [0.3, 0.4) is 0 Å². The zero-order chi connectivity index (χ0) is 16.1. The lowest BCUT2D eigenvalue weighted by Gasteiger charge is -2.11. The summed E-state index contributed by atoms with van der Waals surface area (Å²) in [5.74, 6) is 1.04. The first kappa shape index (κ1) is 16.2. The molecule has 1 aromatic heterocycles. The van der Waals surface area contributed by atoms with E-state index in [4.69, 9.17) is 4.74 Å². The fourth-order valence-corrected chi connectivity index (χ4v) is 2.20. The highest BCUT2D eigenvalue weighted by molar-refractivity contribution is 9.10. The molecule has 0 aliphatic heterocycles. The standard InChI is InChI=1S/C15H17BrN4O2/c1-20(2)15-17-7-6-10(19-15)9-18-14(21)12-8-11(22-3)4-5-13(12)16/h4-8H,9H2,1-3H3,(H,18,21). The Kier molecular flexibility index (Phi) is 5.32. The number of benzene rings is 1. The van der Waals surface area contributed by atoms with E-state index in [0.29, 0.717) is 28.3 Å². The van der Waals surface area contributed by atoms with E-state index in [0.717, 1.165) is 5.69 Å². The lowest BCUT2D eigenvalue weighted by Crippen LogP contribution is -2.24. The number of carbonyl (C=O) groups excluding carboxylic acids is 1. The number of hydrogen-bond acceptors (Lipinski definition) is 5. The van der Waals surface area contributed by atoms with Crippen LogP contribution in [-0.2, 0) is 6.54 Å². The van der Waals surface area contributed by atoms with E-state index in [1.54, 1.807) is 37.6 Å². The predicted molar refractivity (Wildman–Crippen MR) is 88.2 cm³/mol. The van der Waals surface area contributed by atoms with E-state index in [1.807, 2.05) is 19.0 Å². The Hall–Kier alpha value is -2.15. The molecule has 0 unspecified atom stereocenters. The monoisotopic (exact) mass is 364 g/mol. The van der Waals surface area contributed by atoms with Gasteiger partial charge in [0.1, 0.15) is 5.75 Å². The fraction of sp³-hybridized carbons (Fsp3) is 0.267. The van der Waals surface area contributed by atoms with Crippen molar-refractivity contribution in [3.05, 3.63) is 46.2 Å². The number of rotatable bonds is 5. The molecular formula is C15H17BrN4O2. The van der Waals surface area contributed by atoms with E-state index in [2.05, 4.69) is 31.2 Å². The summed E-state index contributed by atoms with van der Waals surface area (Å²) in [4.78, 5) is 22.6. The van der Waals surface area contributed by atoms with Crippen LogP contribution in [0.5, 0.6) is 5.75 Å². The van der Waals surface area contributed by atoms with Gasteiger partial charge in [0.05, 0.1) is 24.9 Å². The number of methoxy groups -OCH3 is 1. The Morgan fingerprint density at radius 3 is 2.82 bits per heavy atom. The highest BCUT2D eigenvalue weighted by Gasteiger charge is 2.11. The molecule has 1 aromatic carbocycles. The van der Waals surface area contributed by atoms with Crippen molar-refractivity contribution in [1.29, 1.82) is 0 Å². The number of anilines is 1. The lowest BCUT2D eigenvalue weighted by atomic mass is 10.2. The van der Waals surface area contributed by atoms with E-state index in [9.17, 15) is 4.79 Å². The summed E-state index contributed by atoms with van der Waals surface area (Å²) < 4.78 is 5.85. The van der Waals surface area contributed by atoms with Crippen molar-refractivity contribution in [1.82, 2.24) is 15.3 Å². The van der Waals surface area contributed by atoms with Gasteiger partial charge in [-0.25, -0.2) is 9.97 Å². The van der Waals surface area contributed by atoms with Crippen molar-refractivity contribution in [2.75, 3.05) is 26.1 Å². The van der Waals surface area contributed by atoms with Crippen molar-refractivity contribution in [2.24, 2.45) is 0 Å². The number of nitrogens with zero attached hydrogens (tertiary/aromatic N) is 3. The molecule has 0 saturated carbocycles. The first-order valence-electron chi connectivity index (χ1n) is 6.62. The molecule has 0 aliphatic carbocycles. The molecule has 7 heteroatoms. The van der Waals surface area contributed by atoms with Gasteiger partial charge < -0.3 is 15.0 Å². The van der Waals surface area contributed by atoms with Crippen LogP contribution < -0.4 is 15.0 Å². The van der Waals surface area contributed by atoms with E-state index >= 15 is 0 Å². The molecular weight excluding hydrogens is 348 g/mol. The minimum Gasteiger partial charge on any atom is -0.497 e. The van der Waals surface area contributed by atoms with Crippen molar-refractivity contribution in [3.63, 3.8) is 0 Å². The molecule has 2 aromatic rings. The summed E-state index contributed by atoms with van der Waals surface area (Å²) in [5.41, 5.74) is 1.26. The zero-order valence-corrected chi connectivity index (χ0v) is 14.2. The molecule has 0 atom stereocenters. The van der Waals surface area contributed by atoms with Gasteiger partial charge >= 0.3 is 0 Å². The van der Waals surface area contributed by atoms with Gasteiger partial charge in [0.25, 0.3) is 5.91 Å². The first-order valence-corrected chi connectivity index (χ1v) is 7.41. The average molecular weight is 365 g/mol. The van der Waals surface area contributed by atoms with Crippen LogP contribution in [0, 0.1) is 0 Å². The molecule has 0 radical (unpaired) electrons. The van der Waals surface area contributed by atoms with Crippen molar-refractivity contribution in [2.45, 2.75) is 6.54 Å². The quantitative estimate of drug-likeness (QED) is 0.880. The predicted octanol–water partition coefficient (Wildman–Crippen LogP) is 2.24.